The largest absolute Gasteiger partial charge is 0.348 e. The molecule has 2 aromatic carbocycles. The van der Waals surface area contributed by atoms with Crippen LogP contribution in [0, 0.1) is 5.92 Å². The Labute approximate surface area is 186 Å². The second kappa shape index (κ2) is 9.43. The summed E-state index contributed by atoms with van der Waals surface area (Å²) in [7, 11) is 1.71. The summed E-state index contributed by atoms with van der Waals surface area (Å²) in [6.07, 6.45) is 4.94. The summed E-state index contributed by atoms with van der Waals surface area (Å²) in [5.74, 6) is -0.378. The first-order valence-corrected chi connectivity index (χ1v) is 10.5. The van der Waals surface area contributed by atoms with E-state index in [1.165, 1.54) is 0 Å². The Hall–Kier alpha value is -4.00. The second-order valence-electron chi connectivity index (χ2n) is 7.76. The summed E-state index contributed by atoms with van der Waals surface area (Å²) in [4.78, 5) is 43.1. The smallest absolute Gasteiger partial charge is 0.255 e. The van der Waals surface area contributed by atoms with Crippen LogP contribution in [-0.4, -0.2) is 29.8 Å². The fraction of sp³-hybridized carbons (Fsp3) is 0.200. The highest BCUT2D eigenvalue weighted by Crippen LogP contribution is 2.33. The number of nitrogens with zero attached hydrogens (tertiary/aromatic N) is 2. The molecule has 0 atom stereocenters. The Morgan fingerprint density at radius 1 is 0.969 bits per heavy atom. The molecule has 0 aliphatic heterocycles. The summed E-state index contributed by atoms with van der Waals surface area (Å²) in [6.45, 7) is 0.284. The molecule has 1 aliphatic rings. The monoisotopic (exact) mass is 428 g/mol. The maximum absolute atomic E-state index is 12.9. The summed E-state index contributed by atoms with van der Waals surface area (Å²) in [5, 5.41) is 5.76. The molecule has 0 bridgehead atoms. The number of hydrogen-bond donors (Lipinski definition) is 2. The van der Waals surface area contributed by atoms with Gasteiger partial charge in [-0.2, -0.15) is 0 Å². The van der Waals surface area contributed by atoms with Crippen LogP contribution in [0.15, 0.2) is 73.1 Å². The fourth-order valence-corrected chi connectivity index (χ4v) is 3.42. The standard InChI is InChI=1S/C25H24N4O3/c1-29(25(32)19-9-10-19)22-8-3-2-7-21(22)24(31)27-16-17-5-4-6-20(15-17)28-23(30)18-11-13-26-14-12-18/h2-8,11-15,19H,9-10,16H2,1H3,(H,27,31)(H,28,30). The molecule has 1 fully saturated rings. The summed E-state index contributed by atoms with van der Waals surface area (Å²) in [5.41, 5.74) is 3.03. The van der Waals surface area contributed by atoms with E-state index >= 15 is 0 Å². The molecule has 0 saturated heterocycles. The number of anilines is 2. The number of benzene rings is 2. The molecule has 1 aliphatic carbocycles. The van der Waals surface area contributed by atoms with Crippen molar-refractivity contribution in [3.63, 3.8) is 0 Å². The molecule has 7 nitrogen and oxygen atoms in total. The average molecular weight is 428 g/mol. The third-order valence-electron chi connectivity index (χ3n) is 5.35. The molecule has 7 heteroatoms. The van der Waals surface area contributed by atoms with E-state index in [0.717, 1.165) is 18.4 Å². The van der Waals surface area contributed by atoms with E-state index < -0.39 is 0 Å². The number of para-hydroxylation sites is 1. The van der Waals surface area contributed by atoms with Gasteiger partial charge in [0.05, 0.1) is 11.3 Å². The zero-order chi connectivity index (χ0) is 22.5. The van der Waals surface area contributed by atoms with Crippen molar-refractivity contribution in [2.45, 2.75) is 19.4 Å². The van der Waals surface area contributed by atoms with Gasteiger partial charge in [-0.25, -0.2) is 0 Å². The predicted molar refractivity (Wildman–Crippen MR) is 122 cm³/mol. The van der Waals surface area contributed by atoms with Gasteiger partial charge < -0.3 is 15.5 Å². The van der Waals surface area contributed by atoms with E-state index in [-0.39, 0.29) is 30.2 Å². The number of hydrogen-bond acceptors (Lipinski definition) is 4. The van der Waals surface area contributed by atoms with E-state index in [0.29, 0.717) is 22.5 Å². The lowest BCUT2D eigenvalue weighted by atomic mass is 10.1. The molecule has 1 saturated carbocycles. The van der Waals surface area contributed by atoms with Crippen LogP contribution in [0.4, 0.5) is 11.4 Å². The Balaban J connectivity index is 1.41. The molecule has 3 aromatic rings. The molecule has 1 heterocycles. The minimum Gasteiger partial charge on any atom is -0.348 e. The van der Waals surface area contributed by atoms with Crippen molar-refractivity contribution in [2.75, 3.05) is 17.3 Å². The van der Waals surface area contributed by atoms with Crippen LogP contribution in [0.25, 0.3) is 0 Å². The molecule has 32 heavy (non-hydrogen) atoms. The van der Waals surface area contributed by atoms with Crippen molar-refractivity contribution in [1.82, 2.24) is 10.3 Å². The molecule has 0 unspecified atom stereocenters. The number of carbonyl (C=O) groups is 3. The number of nitrogens with one attached hydrogen (secondary N) is 2. The van der Waals surface area contributed by atoms with Crippen LogP contribution >= 0.6 is 0 Å². The summed E-state index contributed by atoms with van der Waals surface area (Å²) >= 11 is 0. The van der Waals surface area contributed by atoms with Crippen molar-refractivity contribution in [2.24, 2.45) is 5.92 Å². The first-order chi connectivity index (χ1) is 15.5. The molecule has 1 aromatic heterocycles. The Kier molecular flexibility index (Phi) is 6.26. The van der Waals surface area contributed by atoms with E-state index in [1.807, 2.05) is 24.3 Å². The Bertz CT molecular complexity index is 1140. The number of pyridine rings is 1. The third kappa shape index (κ3) is 5.00. The van der Waals surface area contributed by atoms with Crippen LogP contribution < -0.4 is 15.5 Å². The van der Waals surface area contributed by atoms with Gasteiger partial charge in [0.2, 0.25) is 5.91 Å². The van der Waals surface area contributed by atoms with E-state index in [2.05, 4.69) is 15.6 Å². The van der Waals surface area contributed by atoms with Crippen LogP contribution in [0.2, 0.25) is 0 Å². The van der Waals surface area contributed by atoms with Crippen molar-refractivity contribution < 1.29 is 14.4 Å². The van der Waals surface area contributed by atoms with Crippen LogP contribution in [0.5, 0.6) is 0 Å². The minimum atomic E-state index is -0.262. The highest BCUT2D eigenvalue weighted by atomic mass is 16.2. The predicted octanol–water partition coefficient (Wildman–Crippen LogP) is 3.64. The topological polar surface area (TPSA) is 91.4 Å². The van der Waals surface area contributed by atoms with Gasteiger partial charge in [-0.1, -0.05) is 24.3 Å². The number of amides is 3. The molecule has 4 rings (SSSR count). The highest BCUT2D eigenvalue weighted by Gasteiger charge is 2.33. The molecule has 2 N–H and O–H groups in total. The summed E-state index contributed by atoms with van der Waals surface area (Å²) < 4.78 is 0. The van der Waals surface area contributed by atoms with Gasteiger partial charge in [-0.3, -0.25) is 19.4 Å². The van der Waals surface area contributed by atoms with Gasteiger partial charge in [0, 0.05) is 43.2 Å². The van der Waals surface area contributed by atoms with Gasteiger partial charge in [0.1, 0.15) is 0 Å². The molecule has 162 valence electrons. The maximum Gasteiger partial charge on any atom is 0.255 e. The zero-order valence-electron chi connectivity index (χ0n) is 17.7. The molecular weight excluding hydrogens is 404 g/mol. The van der Waals surface area contributed by atoms with Crippen LogP contribution in [0.1, 0.15) is 39.1 Å². The summed E-state index contributed by atoms with van der Waals surface area (Å²) in [6, 6.07) is 17.7. The number of aromatic nitrogens is 1. The Morgan fingerprint density at radius 2 is 1.72 bits per heavy atom. The fourth-order valence-electron chi connectivity index (χ4n) is 3.42. The van der Waals surface area contributed by atoms with E-state index in [1.54, 1.807) is 60.7 Å². The zero-order valence-corrected chi connectivity index (χ0v) is 17.7. The van der Waals surface area contributed by atoms with E-state index in [4.69, 9.17) is 0 Å². The van der Waals surface area contributed by atoms with Crippen molar-refractivity contribution in [3.05, 3.63) is 89.7 Å². The lowest BCUT2D eigenvalue weighted by Crippen LogP contribution is -2.31. The second-order valence-corrected chi connectivity index (χ2v) is 7.76. The Morgan fingerprint density at radius 3 is 2.47 bits per heavy atom. The lowest BCUT2D eigenvalue weighted by Gasteiger charge is -2.20. The lowest BCUT2D eigenvalue weighted by molar-refractivity contribution is -0.119. The quantitative estimate of drug-likeness (QED) is 0.601. The maximum atomic E-state index is 12.9. The SMILES string of the molecule is CN(C(=O)C1CC1)c1ccccc1C(=O)NCc1cccc(NC(=O)c2ccncc2)c1. The molecular formula is C25H24N4O3. The van der Waals surface area contributed by atoms with Gasteiger partial charge >= 0.3 is 0 Å². The van der Waals surface area contributed by atoms with Gasteiger partial charge in [-0.05, 0) is 54.8 Å². The van der Waals surface area contributed by atoms with Gasteiger partial charge in [0.25, 0.3) is 11.8 Å². The van der Waals surface area contributed by atoms with Gasteiger partial charge in [0.15, 0.2) is 0 Å². The van der Waals surface area contributed by atoms with Crippen molar-refractivity contribution in [3.8, 4) is 0 Å². The van der Waals surface area contributed by atoms with Gasteiger partial charge in [-0.15, -0.1) is 0 Å². The van der Waals surface area contributed by atoms with Crippen LogP contribution in [-0.2, 0) is 11.3 Å². The van der Waals surface area contributed by atoms with Crippen molar-refractivity contribution >= 4 is 29.1 Å². The first-order valence-electron chi connectivity index (χ1n) is 10.5. The molecule has 3 amide bonds. The minimum absolute atomic E-state index is 0.0443. The van der Waals surface area contributed by atoms with Crippen LogP contribution in [0.3, 0.4) is 0 Å². The van der Waals surface area contributed by atoms with Crippen molar-refractivity contribution in [1.29, 1.82) is 0 Å². The highest BCUT2D eigenvalue weighted by molar-refractivity contribution is 6.05. The molecule has 0 radical (unpaired) electrons. The normalized spacial score (nSPS) is 12.7. The third-order valence-corrected chi connectivity index (χ3v) is 5.35. The number of rotatable bonds is 7. The number of carbonyl (C=O) groups excluding carboxylic acids is 3. The molecule has 0 spiro atoms. The average Bonchev–Trinajstić information content (AvgIpc) is 3.68. The van der Waals surface area contributed by atoms with E-state index in [9.17, 15) is 14.4 Å². The first kappa shape index (κ1) is 21.2.